The van der Waals surface area contributed by atoms with E-state index in [1.165, 1.54) is 0 Å². The Kier molecular flexibility index (Phi) is 2.29. The van der Waals surface area contributed by atoms with Crippen LogP contribution in [-0.2, 0) is 0 Å². The largest absolute Gasteiger partial charge is 0.325 e. The van der Waals surface area contributed by atoms with Gasteiger partial charge in [0.2, 0.25) is 0 Å². The first-order valence-electron chi connectivity index (χ1n) is 3.60. The molecule has 0 aliphatic heterocycles. The van der Waals surface area contributed by atoms with Crippen molar-refractivity contribution in [1.29, 1.82) is 0 Å². The lowest BCUT2D eigenvalue weighted by Gasteiger charge is -2.37. The third-order valence-corrected chi connectivity index (χ3v) is 2.45. The van der Waals surface area contributed by atoms with Crippen LogP contribution in [0.15, 0.2) is 0 Å². The quantitative estimate of drug-likeness (QED) is 0.577. The summed E-state index contributed by atoms with van der Waals surface area (Å²) in [5.74, 6) is 0. The van der Waals surface area contributed by atoms with E-state index in [0.29, 0.717) is 0 Å². The smallest absolute Gasteiger partial charge is 0.0172 e. The van der Waals surface area contributed by atoms with E-state index in [0.717, 1.165) is 6.42 Å². The number of hydrogen-bond donors (Lipinski definition) is 1. The first kappa shape index (κ1) is 8.96. The van der Waals surface area contributed by atoms with Crippen molar-refractivity contribution in [3.05, 3.63) is 0 Å². The molecule has 0 radical (unpaired) electrons. The van der Waals surface area contributed by atoms with Gasteiger partial charge in [-0.05, 0) is 18.8 Å². The van der Waals surface area contributed by atoms with Crippen LogP contribution in [0.4, 0.5) is 0 Å². The van der Waals surface area contributed by atoms with Gasteiger partial charge < -0.3 is 5.73 Å². The van der Waals surface area contributed by atoms with Crippen LogP contribution in [0.3, 0.4) is 0 Å². The summed E-state index contributed by atoms with van der Waals surface area (Å²) >= 11 is 0. The topological polar surface area (TPSA) is 26.0 Å². The monoisotopic (exact) mass is 129 g/mol. The van der Waals surface area contributed by atoms with Gasteiger partial charge >= 0.3 is 0 Å². The Bertz CT molecular complexity index is 87.2. The fraction of sp³-hybridized carbons (Fsp3) is 1.00. The summed E-state index contributed by atoms with van der Waals surface area (Å²) in [6.07, 6.45) is 1.04. The first-order chi connectivity index (χ1) is 3.81. The molecule has 0 fully saturated rings. The zero-order chi connectivity index (χ0) is 7.71. The van der Waals surface area contributed by atoms with Crippen molar-refractivity contribution in [2.45, 2.75) is 46.6 Å². The van der Waals surface area contributed by atoms with Gasteiger partial charge in [0.25, 0.3) is 0 Å². The highest BCUT2D eigenvalue weighted by molar-refractivity contribution is 4.89. The minimum Gasteiger partial charge on any atom is -0.325 e. The third-order valence-electron chi connectivity index (χ3n) is 2.45. The van der Waals surface area contributed by atoms with E-state index in [-0.39, 0.29) is 11.0 Å². The van der Waals surface area contributed by atoms with Crippen molar-refractivity contribution in [3.8, 4) is 0 Å². The van der Waals surface area contributed by atoms with Gasteiger partial charge in [0.1, 0.15) is 0 Å². The molecule has 9 heavy (non-hydrogen) atoms. The predicted molar refractivity (Wildman–Crippen MR) is 42.3 cm³/mol. The van der Waals surface area contributed by atoms with E-state index in [9.17, 15) is 0 Å². The molecule has 0 saturated carbocycles. The fourth-order valence-corrected chi connectivity index (χ4v) is 0.530. The van der Waals surface area contributed by atoms with E-state index >= 15 is 0 Å². The second kappa shape index (κ2) is 2.30. The lowest BCUT2D eigenvalue weighted by Crippen LogP contribution is -2.47. The molecular weight excluding hydrogens is 110 g/mol. The molecule has 0 rings (SSSR count). The minimum atomic E-state index is -0.0208. The van der Waals surface area contributed by atoms with Crippen LogP contribution >= 0.6 is 0 Å². The van der Waals surface area contributed by atoms with E-state index < -0.39 is 0 Å². The zero-order valence-electron chi connectivity index (χ0n) is 7.28. The van der Waals surface area contributed by atoms with Gasteiger partial charge in [-0.25, -0.2) is 0 Å². The highest BCUT2D eigenvalue weighted by Crippen LogP contribution is 2.29. The summed E-state index contributed by atoms with van der Waals surface area (Å²) in [4.78, 5) is 0. The van der Waals surface area contributed by atoms with Gasteiger partial charge in [0, 0.05) is 5.54 Å². The highest BCUT2D eigenvalue weighted by Gasteiger charge is 2.30. The maximum absolute atomic E-state index is 5.99. The van der Waals surface area contributed by atoms with Gasteiger partial charge in [-0.2, -0.15) is 0 Å². The Morgan fingerprint density at radius 2 is 1.44 bits per heavy atom. The Morgan fingerprint density at radius 1 is 1.11 bits per heavy atom. The van der Waals surface area contributed by atoms with Gasteiger partial charge in [0.05, 0.1) is 0 Å². The SMILES string of the molecule is CC[C@](C)(N)C(C)(C)C. The van der Waals surface area contributed by atoms with Crippen molar-refractivity contribution < 1.29 is 0 Å². The molecule has 0 amide bonds. The molecule has 0 bridgehead atoms. The number of rotatable bonds is 1. The Balaban J connectivity index is 4.14. The second-order valence-corrected chi connectivity index (χ2v) is 4.02. The predicted octanol–water partition coefficient (Wildman–Crippen LogP) is 2.16. The number of hydrogen-bond acceptors (Lipinski definition) is 1. The molecule has 1 atom stereocenters. The average Bonchev–Trinajstić information content (AvgIpc) is 1.64. The average molecular weight is 129 g/mol. The first-order valence-corrected chi connectivity index (χ1v) is 3.60. The molecule has 1 heteroatoms. The molecule has 2 N–H and O–H groups in total. The summed E-state index contributed by atoms with van der Waals surface area (Å²) in [5.41, 5.74) is 6.20. The van der Waals surface area contributed by atoms with Crippen molar-refractivity contribution in [3.63, 3.8) is 0 Å². The van der Waals surface area contributed by atoms with E-state index in [4.69, 9.17) is 5.73 Å². The standard InChI is InChI=1S/C8H19N/c1-6-8(5,9)7(2,3)4/h6,9H2,1-5H3/t8-/m0/s1. The van der Waals surface area contributed by atoms with Crippen LogP contribution < -0.4 is 5.73 Å². The Hall–Kier alpha value is -0.0400. The van der Waals surface area contributed by atoms with Crippen LogP contribution in [0.5, 0.6) is 0 Å². The lowest BCUT2D eigenvalue weighted by atomic mass is 9.74. The molecule has 0 spiro atoms. The maximum Gasteiger partial charge on any atom is 0.0172 e. The van der Waals surface area contributed by atoms with Crippen LogP contribution in [0, 0.1) is 5.41 Å². The maximum atomic E-state index is 5.99. The molecule has 1 nitrogen and oxygen atoms in total. The van der Waals surface area contributed by atoms with Gasteiger partial charge in [-0.1, -0.05) is 27.7 Å². The molecule has 0 saturated heterocycles. The van der Waals surface area contributed by atoms with Crippen LogP contribution in [-0.4, -0.2) is 5.54 Å². The van der Waals surface area contributed by atoms with Gasteiger partial charge in [0.15, 0.2) is 0 Å². The zero-order valence-corrected chi connectivity index (χ0v) is 7.28. The minimum absolute atomic E-state index is 0.0208. The fourth-order valence-electron chi connectivity index (χ4n) is 0.530. The summed E-state index contributed by atoms with van der Waals surface area (Å²) < 4.78 is 0. The molecular formula is C8H19N. The Labute approximate surface area is 58.6 Å². The third kappa shape index (κ3) is 1.98. The highest BCUT2D eigenvalue weighted by atomic mass is 14.8. The molecule has 0 heterocycles. The van der Waals surface area contributed by atoms with Crippen LogP contribution in [0.25, 0.3) is 0 Å². The van der Waals surface area contributed by atoms with Gasteiger partial charge in [-0.3, -0.25) is 0 Å². The molecule has 0 aromatic heterocycles. The summed E-state index contributed by atoms with van der Waals surface area (Å²) in [6.45, 7) is 10.8. The van der Waals surface area contributed by atoms with Crippen molar-refractivity contribution in [2.24, 2.45) is 11.1 Å². The van der Waals surface area contributed by atoms with E-state index in [1.807, 2.05) is 0 Å². The van der Waals surface area contributed by atoms with E-state index in [2.05, 4.69) is 34.6 Å². The lowest BCUT2D eigenvalue weighted by molar-refractivity contribution is 0.202. The Morgan fingerprint density at radius 3 is 1.44 bits per heavy atom. The summed E-state index contributed by atoms with van der Waals surface area (Å²) in [7, 11) is 0. The molecule has 0 aliphatic carbocycles. The molecule has 0 aliphatic rings. The van der Waals surface area contributed by atoms with Crippen LogP contribution in [0.2, 0.25) is 0 Å². The normalized spacial score (nSPS) is 19.3. The summed E-state index contributed by atoms with van der Waals surface area (Å²) in [6, 6.07) is 0. The molecule has 56 valence electrons. The summed E-state index contributed by atoms with van der Waals surface area (Å²) in [5, 5.41) is 0. The van der Waals surface area contributed by atoms with Crippen molar-refractivity contribution in [1.82, 2.24) is 0 Å². The molecule has 0 aromatic rings. The van der Waals surface area contributed by atoms with Gasteiger partial charge in [-0.15, -0.1) is 0 Å². The van der Waals surface area contributed by atoms with Crippen LogP contribution in [0.1, 0.15) is 41.0 Å². The molecule has 0 unspecified atom stereocenters. The van der Waals surface area contributed by atoms with Crippen molar-refractivity contribution in [2.75, 3.05) is 0 Å². The number of nitrogens with two attached hydrogens (primary N) is 1. The molecule has 0 aromatic carbocycles. The van der Waals surface area contributed by atoms with E-state index in [1.54, 1.807) is 0 Å². The second-order valence-electron chi connectivity index (χ2n) is 4.02. The van der Waals surface area contributed by atoms with Crippen molar-refractivity contribution >= 4 is 0 Å².